The van der Waals surface area contributed by atoms with Crippen LogP contribution in [0.3, 0.4) is 0 Å². The van der Waals surface area contributed by atoms with Gasteiger partial charge in [0.25, 0.3) is 0 Å². The summed E-state index contributed by atoms with van der Waals surface area (Å²) in [5, 5.41) is 12.8. The van der Waals surface area contributed by atoms with E-state index < -0.39 is 0 Å². The van der Waals surface area contributed by atoms with Gasteiger partial charge >= 0.3 is 0 Å². The Morgan fingerprint density at radius 2 is 2.19 bits per heavy atom. The van der Waals surface area contributed by atoms with E-state index in [1.54, 1.807) is 6.07 Å². The van der Waals surface area contributed by atoms with E-state index in [0.717, 1.165) is 5.01 Å². The zero-order valence-electron chi connectivity index (χ0n) is 8.94. The van der Waals surface area contributed by atoms with Crippen molar-refractivity contribution in [2.24, 2.45) is 0 Å². The lowest BCUT2D eigenvalue weighted by atomic mass is 10.4. The number of pyridine rings is 1. The SMILES string of the molecule is CNC(C)c1nnc(-c2ccc(F)cn2)s1. The van der Waals surface area contributed by atoms with E-state index in [9.17, 15) is 4.39 Å². The van der Waals surface area contributed by atoms with Gasteiger partial charge in [-0.3, -0.25) is 4.98 Å². The van der Waals surface area contributed by atoms with Gasteiger partial charge in [0.1, 0.15) is 16.5 Å². The van der Waals surface area contributed by atoms with Crippen molar-refractivity contribution in [3.05, 3.63) is 29.2 Å². The molecule has 2 rings (SSSR count). The number of aromatic nitrogens is 3. The van der Waals surface area contributed by atoms with E-state index in [-0.39, 0.29) is 11.9 Å². The van der Waals surface area contributed by atoms with Crippen molar-refractivity contribution in [2.45, 2.75) is 13.0 Å². The Morgan fingerprint density at radius 3 is 2.81 bits per heavy atom. The van der Waals surface area contributed by atoms with Crippen LogP contribution in [0.15, 0.2) is 18.3 Å². The van der Waals surface area contributed by atoms with E-state index in [0.29, 0.717) is 10.7 Å². The van der Waals surface area contributed by atoms with Crippen molar-refractivity contribution >= 4 is 11.3 Å². The fourth-order valence-corrected chi connectivity index (χ4v) is 2.02. The topological polar surface area (TPSA) is 50.7 Å². The van der Waals surface area contributed by atoms with Crippen molar-refractivity contribution in [3.63, 3.8) is 0 Å². The van der Waals surface area contributed by atoms with Crippen molar-refractivity contribution in [1.82, 2.24) is 20.5 Å². The molecule has 1 atom stereocenters. The van der Waals surface area contributed by atoms with Crippen LogP contribution in [0.5, 0.6) is 0 Å². The Labute approximate surface area is 96.6 Å². The molecule has 0 saturated heterocycles. The van der Waals surface area contributed by atoms with Gasteiger partial charge in [-0.1, -0.05) is 11.3 Å². The number of halogens is 1. The highest BCUT2D eigenvalue weighted by molar-refractivity contribution is 7.14. The van der Waals surface area contributed by atoms with Crippen LogP contribution >= 0.6 is 11.3 Å². The Bertz CT molecular complexity index is 468. The molecule has 0 bridgehead atoms. The summed E-state index contributed by atoms with van der Waals surface area (Å²) in [6.45, 7) is 2.00. The van der Waals surface area contributed by atoms with Crippen molar-refractivity contribution in [3.8, 4) is 10.7 Å². The number of rotatable bonds is 3. The number of hydrogen-bond acceptors (Lipinski definition) is 5. The fraction of sp³-hybridized carbons (Fsp3) is 0.300. The number of nitrogens with one attached hydrogen (secondary N) is 1. The van der Waals surface area contributed by atoms with Gasteiger partial charge < -0.3 is 5.32 Å². The van der Waals surface area contributed by atoms with E-state index in [1.165, 1.54) is 23.6 Å². The molecule has 4 nitrogen and oxygen atoms in total. The maximum Gasteiger partial charge on any atom is 0.166 e. The van der Waals surface area contributed by atoms with Gasteiger partial charge in [0, 0.05) is 0 Å². The molecule has 0 spiro atoms. The first kappa shape index (κ1) is 11.1. The predicted molar refractivity (Wildman–Crippen MR) is 60.6 cm³/mol. The first-order valence-electron chi connectivity index (χ1n) is 4.83. The first-order valence-corrected chi connectivity index (χ1v) is 5.65. The third kappa shape index (κ3) is 2.23. The van der Waals surface area contributed by atoms with Crippen LogP contribution in [0.1, 0.15) is 18.0 Å². The van der Waals surface area contributed by atoms with Gasteiger partial charge in [0.15, 0.2) is 5.01 Å². The maximum atomic E-state index is 12.7. The summed E-state index contributed by atoms with van der Waals surface area (Å²) < 4.78 is 12.7. The minimum atomic E-state index is -0.350. The van der Waals surface area contributed by atoms with Crippen LogP contribution in [-0.4, -0.2) is 22.2 Å². The van der Waals surface area contributed by atoms with Crippen LogP contribution in [0.2, 0.25) is 0 Å². The zero-order valence-corrected chi connectivity index (χ0v) is 9.75. The quantitative estimate of drug-likeness (QED) is 0.888. The third-order valence-electron chi connectivity index (χ3n) is 2.19. The van der Waals surface area contributed by atoms with Crippen LogP contribution in [0, 0.1) is 5.82 Å². The largest absolute Gasteiger partial charge is 0.311 e. The average molecular weight is 238 g/mol. The molecular weight excluding hydrogens is 227 g/mol. The van der Waals surface area contributed by atoms with Gasteiger partial charge in [-0.25, -0.2) is 4.39 Å². The molecule has 0 saturated carbocycles. The smallest absolute Gasteiger partial charge is 0.166 e. The molecule has 0 aliphatic rings. The molecule has 0 aliphatic heterocycles. The Morgan fingerprint density at radius 1 is 1.38 bits per heavy atom. The summed E-state index contributed by atoms with van der Waals surface area (Å²) in [6.07, 6.45) is 1.18. The van der Waals surface area contributed by atoms with Crippen LogP contribution in [0.25, 0.3) is 10.7 Å². The van der Waals surface area contributed by atoms with Crippen molar-refractivity contribution < 1.29 is 4.39 Å². The highest BCUT2D eigenvalue weighted by Crippen LogP contribution is 2.24. The normalized spacial score (nSPS) is 12.7. The molecule has 0 amide bonds. The summed E-state index contributed by atoms with van der Waals surface area (Å²) in [5.41, 5.74) is 0.647. The lowest BCUT2D eigenvalue weighted by Crippen LogP contribution is -2.11. The molecule has 0 aliphatic carbocycles. The molecular formula is C10H11FN4S. The maximum absolute atomic E-state index is 12.7. The third-order valence-corrected chi connectivity index (χ3v) is 3.32. The zero-order chi connectivity index (χ0) is 11.5. The highest BCUT2D eigenvalue weighted by atomic mass is 32.1. The molecule has 16 heavy (non-hydrogen) atoms. The predicted octanol–water partition coefficient (Wildman–Crippen LogP) is 2.02. The second-order valence-corrected chi connectivity index (χ2v) is 4.33. The van der Waals surface area contributed by atoms with E-state index in [4.69, 9.17) is 0 Å². The second kappa shape index (κ2) is 4.63. The Hall–Kier alpha value is -1.40. The molecule has 2 aromatic heterocycles. The molecule has 84 valence electrons. The van der Waals surface area contributed by atoms with E-state index in [2.05, 4.69) is 20.5 Å². The molecule has 2 heterocycles. The van der Waals surface area contributed by atoms with Crippen molar-refractivity contribution in [1.29, 1.82) is 0 Å². The minimum absolute atomic E-state index is 0.159. The highest BCUT2D eigenvalue weighted by Gasteiger charge is 2.11. The lowest BCUT2D eigenvalue weighted by Gasteiger charge is -2.02. The van der Waals surface area contributed by atoms with Gasteiger partial charge in [0.05, 0.1) is 12.2 Å². The minimum Gasteiger partial charge on any atom is -0.311 e. The molecule has 1 N–H and O–H groups in total. The van der Waals surface area contributed by atoms with Gasteiger partial charge in [-0.15, -0.1) is 10.2 Å². The average Bonchev–Trinajstić information content (AvgIpc) is 2.78. The first-order chi connectivity index (χ1) is 7.70. The van der Waals surface area contributed by atoms with Gasteiger partial charge in [0.2, 0.25) is 0 Å². The van der Waals surface area contributed by atoms with Crippen LogP contribution in [0.4, 0.5) is 4.39 Å². The number of nitrogens with zero attached hydrogens (tertiary/aromatic N) is 3. The van der Waals surface area contributed by atoms with Crippen LogP contribution in [-0.2, 0) is 0 Å². The standard InChI is InChI=1S/C10H11FN4S/c1-6(12-2)9-14-15-10(16-9)8-4-3-7(11)5-13-8/h3-6,12H,1-2H3. The van der Waals surface area contributed by atoms with Crippen LogP contribution < -0.4 is 5.32 Å². The molecule has 1 unspecified atom stereocenters. The Balaban J connectivity index is 2.28. The molecule has 0 radical (unpaired) electrons. The van der Waals surface area contributed by atoms with Gasteiger partial charge in [-0.05, 0) is 26.1 Å². The summed E-state index contributed by atoms with van der Waals surface area (Å²) in [4.78, 5) is 3.96. The number of hydrogen-bond donors (Lipinski definition) is 1. The lowest BCUT2D eigenvalue weighted by molar-refractivity contribution is 0.622. The summed E-state index contributed by atoms with van der Waals surface area (Å²) in [6, 6.07) is 3.13. The van der Waals surface area contributed by atoms with Crippen molar-refractivity contribution in [2.75, 3.05) is 7.05 Å². The van der Waals surface area contributed by atoms with E-state index >= 15 is 0 Å². The van der Waals surface area contributed by atoms with Gasteiger partial charge in [-0.2, -0.15) is 0 Å². The molecule has 2 aromatic rings. The summed E-state index contributed by atoms with van der Waals surface area (Å²) in [5.74, 6) is -0.350. The Kier molecular flexibility index (Phi) is 3.21. The molecule has 0 fully saturated rings. The fourth-order valence-electron chi connectivity index (χ4n) is 1.14. The monoisotopic (exact) mass is 238 g/mol. The summed E-state index contributed by atoms with van der Waals surface area (Å²) in [7, 11) is 1.86. The molecule has 0 aromatic carbocycles. The summed E-state index contributed by atoms with van der Waals surface area (Å²) >= 11 is 1.45. The second-order valence-electron chi connectivity index (χ2n) is 3.32. The van der Waals surface area contributed by atoms with E-state index in [1.807, 2.05) is 14.0 Å². The molecule has 6 heteroatoms.